The number of nitrogens with one attached hydrogen (secondary N) is 10. The van der Waals surface area contributed by atoms with Gasteiger partial charge in [-0.25, -0.2) is 0 Å². The number of hydrogen-bond donors (Lipinski definition) is 12. The summed E-state index contributed by atoms with van der Waals surface area (Å²) in [5, 5.41) is 47.5. The van der Waals surface area contributed by atoms with Crippen LogP contribution in [0.3, 0.4) is 0 Å². The summed E-state index contributed by atoms with van der Waals surface area (Å²) in [6.45, 7) is 27.1. The Labute approximate surface area is 513 Å². The summed E-state index contributed by atoms with van der Waals surface area (Å²) < 4.78 is 0. The van der Waals surface area contributed by atoms with Crippen LogP contribution in [0.4, 0.5) is 0 Å². The lowest BCUT2D eigenvalue weighted by Gasteiger charge is -2.32. The molecule has 0 aromatic rings. The van der Waals surface area contributed by atoms with Crippen molar-refractivity contribution in [1.29, 1.82) is 0 Å². The van der Waals surface area contributed by atoms with Gasteiger partial charge < -0.3 is 68.3 Å². The quantitative estimate of drug-likeness (QED) is 0.0391. The van der Waals surface area contributed by atoms with Crippen molar-refractivity contribution in [1.82, 2.24) is 58.1 Å². The van der Waals surface area contributed by atoms with Gasteiger partial charge in [-0.15, -0.1) is 0 Å². The van der Waals surface area contributed by atoms with Crippen molar-refractivity contribution in [3.8, 4) is 0 Å². The monoisotopic (exact) mass is 1220 g/mol. The van der Waals surface area contributed by atoms with Gasteiger partial charge in [0.2, 0.25) is 59.1 Å². The molecule has 0 radical (unpaired) electrons. The van der Waals surface area contributed by atoms with Gasteiger partial charge in [0.05, 0.1) is 12.7 Å². The Bertz CT molecular complexity index is 2190. The topological polar surface area (TPSA) is 352 Å². The van der Waals surface area contributed by atoms with E-state index in [9.17, 15) is 57.8 Å². The third-order valence-electron chi connectivity index (χ3n) is 15.2. The summed E-state index contributed by atoms with van der Waals surface area (Å²) in [4.78, 5) is 152. The van der Waals surface area contributed by atoms with Crippen LogP contribution in [0.1, 0.15) is 213 Å². The summed E-state index contributed by atoms with van der Waals surface area (Å²) in [5.41, 5.74) is -3.29. The number of unbranched alkanes of at least 4 members (excludes halogenated alkanes) is 3. The number of aliphatic hydroxyl groups is 2. The largest absolute Gasteiger partial charge is 0.395 e. The van der Waals surface area contributed by atoms with Gasteiger partial charge in [-0.2, -0.15) is 0 Å². The van der Waals surface area contributed by atoms with Crippen LogP contribution < -0.4 is 53.2 Å². The molecule has 0 aliphatic carbocycles. The lowest BCUT2D eigenvalue weighted by molar-refractivity contribution is -0.140. The summed E-state index contributed by atoms with van der Waals surface area (Å²) >= 11 is 0. The molecule has 0 aromatic heterocycles. The van der Waals surface area contributed by atoms with E-state index in [4.69, 9.17) is 5.11 Å². The van der Waals surface area contributed by atoms with Crippen LogP contribution in [0.5, 0.6) is 0 Å². The molecule has 1 saturated heterocycles. The number of carbonyl (C=O) groups is 11. The Kier molecular flexibility index (Phi) is 36.3. The Hall–Kier alpha value is -5.75. The van der Waals surface area contributed by atoms with E-state index in [1.54, 1.807) is 20.8 Å². The normalized spacial score (nSPS) is 16.7. The van der Waals surface area contributed by atoms with Crippen LogP contribution in [0.15, 0.2) is 0 Å². The first-order chi connectivity index (χ1) is 40.2. The minimum atomic E-state index is -1.69. The van der Waals surface area contributed by atoms with E-state index < -0.39 is 101 Å². The summed E-state index contributed by atoms with van der Waals surface area (Å²) in [6.07, 6.45) is 6.40. The molecule has 10 atom stereocenters. The van der Waals surface area contributed by atoms with Crippen molar-refractivity contribution in [2.75, 3.05) is 32.8 Å². The molecule has 0 spiro atoms. The molecule has 1 aliphatic rings. The zero-order chi connectivity index (χ0) is 65.5. The highest BCUT2D eigenvalue weighted by atomic mass is 16.3. The average molecular weight is 1220 g/mol. The molecular formula is C62H113N11O13. The van der Waals surface area contributed by atoms with Gasteiger partial charge in [-0.3, -0.25) is 52.7 Å². The van der Waals surface area contributed by atoms with E-state index >= 15 is 0 Å². The lowest BCUT2D eigenvalue weighted by Crippen LogP contribution is -2.64. The maximum absolute atomic E-state index is 14.5. The van der Waals surface area contributed by atoms with Gasteiger partial charge in [0.25, 0.3) is 0 Å². The molecule has 12 N–H and O–H groups in total. The SMILES string of the molecule is CCCCCCC(C)C[C@@H](NC(=O)C(C)(C)NC(=O)C(C)NC(=O)[C@H](CC(C)CC(O)CC(=O)CC)NC(=O)[C@@H]1CCCN1C(=O)CCC)C(=O)N[C@@H](CC(C)C)C(=O)NC(C)(C)C(=O)N[C@@H](CC(C)C)C(=O)NCCC(=O)NC(C)CNCCO. The van der Waals surface area contributed by atoms with Crippen molar-refractivity contribution in [3.05, 3.63) is 0 Å². The molecule has 24 heteroatoms. The Morgan fingerprint density at radius 2 is 1.12 bits per heavy atom. The summed E-state index contributed by atoms with van der Waals surface area (Å²) in [7, 11) is 0. The number of rotatable bonds is 43. The van der Waals surface area contributed by atoms with E-state index in [1.807, 2.05) is 41.5 Å². The van der Waals surface area contributed by atoms with Crippen LogP contribution in [-0.4, -0.2) is 172 Å². The number of carbonyl (C=O) groups excluding carboxylic acids is 11. The highest BCUT2D eigenvalue weighted by Crippen LogP contribution is 2.22. The molecule has 1 rings (SSSR count). The molecule has 1 heterocycles. The fourth-order valence-electron chi connectivity index (χ4n) is 10.2. The van der Waals surface area contributed by atoms with Crippen LogP contribution in [-0.2, 0) is 52.7 Å². The van der Waals surface area contributed by atoms with E-state index in [-0.39, 0.29) is 118 Å². The van der Waals surface area contributed by atoms with Crippen LogP contribution in [0.25, 0.3) is 0 Å². The van der Waals surface area contributed by atoms with Crippen LogP contribution in [0, 0.1) is 23.7 Å². The summed E-state index contributed by atoms with van der Waals surface area (Å²) in [6, 6.07) is -6.90. The second kappa shape index (κ2) is 39.9. The molecule has 10 amide bonds. The Morgan fingerprint density at radius 1 is 0.570 bits per heavy atom. The number of amides is 10. The number of likely N-dealkylation sites (tertiary alicyclic amines) is 1. The molecular weight excluding hydrogens is 1110 g/mol. The van der Waals surface area contributed by atoms with E-state index in [1.165, 1.54) is 39.5 Å². The number of nitrogens with zero attached hydrogens (tertiary/aromatic N) is 1. The maximum Gasteiger partial charge on any atom is 0.245 e. The second-order valence-corrected chi connectivity index (χ2v) is 25.8. The standard InChI is InChI=1S/C62H113N11O13/c1-16-19-20-21-24-40(8)34-49(56(82)67-47(32-39(6)7)57(83)72-62(14,15)60(86)69-46(31-38(4)5)54(80)64-27-26-51(77)65-42(10)37-63-28-30-74)70-59(85)61(12,13)71-53(79)43(11)66-55(81)48(35-41(9)33-45(76)36-44(75)18-3)68-58(84)50-25-22-29-73(50)52(78)23-17-2/h38-43,45-50,63,74,76H,16-37H2,1-15H3,(H,64,80)(H,65,77)(H,66,81)(H,67,82)(H,68,84)(H,69,86)(H,70,85)(H,71,79)(H,72,83)/t40?,41?,42?,43?,45?,46-,47-,48-,49+,50-/m0/s1. The minimum absolute atomic E-state index is 0.00177. The Balaban J connectivity index is 3.37. The second-order valence-electron chi connectivity index (χ2n) is 25.8. The molecule has 494 valence electrons. The van der Waals surface area contributed by atoms with Crippen molar-refractivity contribution in [2.45, 2.75) is 272 Å². The maximum atomic E-state index is 14.5. The molecule has 0 bridgehead atoms. The molecule has 86 heavy (non-hydrogen) atoms. The van der Waals surface area contributed by atoms with Crippen molar-refractivity contribution < 1.29 is 63.0 Å². The first kappa shape index (κ1) is 78.3. The summed E-state index contributed by atoms with van der Waals surface area (Å²) in [5.74, 6) is -6.55. The first-order valence-corrected chi connectivity index (χ1v) is 31.8. The third-order valence-corrected chi connectivity index (χ3v) is 15.2. The van der Waals surface area contributed by atoms with Crippen molar-refractivity contribution in [2.24, 2.45) is 23.7 Å². The molecule has 5 unspecified atom stereocenters. The van der Waals surface area contributed by atoms with E-state index in [0.717, 1.165) is 32.1 Å². The van der Waals surface area contributed by atoms with Crippen molar-refractivity contribution >= 4 is 64.9 Å². The molecule has 0 saturated carbocycles. The van der Waals surface area contributed by atoms with Gasteiger partial charge in [-0.1, -0.05) is 94.4 Å². The number of hydrogen-bond acceptors (Lipinski definition) is 14. The lowest BCUT2D eigenvalue weighted by atomic mass is 9.92. The predicted molar refractivity (Wildman–Crippen MR) is 330 cm³/mol. The van der Waals surface area contributed by atoms with Gasteiger partial charge in [0, 0.05) is 57.9 Å². The molecule has 1 aliphatic heterocycles. The van der Waals surface area contributed by atoms with Crippen LogP contribution in [0.2, 0.25) is 0 Å². The van der Waals surface area contributed by atoms with E-state index in [2.05, 4.69) is 60.1 Å². The van der Waals surface area contributed by atoms with E-state index in [0.29, 0.717) is 38.9 Å². The number of aliphatic hydroxyl groups excluding tert-OH is 2. The highest BCUT2D eigenvalue weighted by Gasteiger charge is 2.40. The first-order valence-electron chi connectivity index (χ1n) is 31.8. The molecule has 0 aromatic carbocycles. The minimum Gasteiger partial charge on any atom is -0.395 e. The van der Waals surface area contributed by atoms with Gasteiger partial charge in [-0.05, 0) is 117 Å². The van der Waals surface area contributed by atoms with Gasteiger partial charge in [0.15, 0.2) is 0 Å². The van der Waals surface area contributed by atoms with Crippen molar-refractivity contribution in [3.63, 3.8) is 0 Å². The van der Waals surface area contributed by atoms with Crippen LogP contribution >= 0.6 is 0 Å². The highest BCUT2D eigenvalue weighted by molar-refractivity contribution is 5.99. The predicted octanol–water partition coefficient (Wildman–Crippen LogP) is 2.84. The third kappa shape index (κ3) is 30.2. The zero-order valence-electron chi connectivity index (χ0n) is 54.8. The fraction of sp³-hybridized carbons (Fsp3) is 0.823. The van der Waals surface area contributed by atoms with Gasteiger partial charge >= 0.3 is 0 Å². The average Bonchev–Trinajstić information content (AvgIpc) is 4.02. The molecule has 24 nitrogen and oxygen atoms in total. The smallest absolute Gasteiger partial charge is 0.245 e. The van der Waals surface area contributed by atoms with Gasteiger partial charge in [0.1, 0.15) is 53.1 Å². The number of Topliss-reactive ketones (excluding diaryl/α,β-unsaturated/α-hetero) is 1. The number of ketones is 1. The zero-order valence-corrected chi connectivity index (χ0v) is 54.8. The molecule has 1 fully saturated rings. The Morgan fingerprint density at radius 3 is 1.67 bits per heavy atom. The fourth-order valence-corrected chi connectivity index (χ4v) is 10.2.